The highest BCUT2D eigenvalue weighted by Crippen LogP contribution is 2.27. The van der Waals surface area contributed by atoms with Crippen LogP contribution < -0.4 is 5.32 Å². The summed E-state index contributed by atoms with van der Waals surface area (Å²) in [6.07, 6.45) is 0. The summed E-state index contributed by atoms with van der Waals surface area (Å²) in [6.45, 7) is 8.04. The van der Waals surface area contributed by atoms with E-state index in [0.717, 1.165) is 41.9 Å². The third-order valence-electron chi connectivity index (χ3n) is 3.70. The molecule has 1 aromatic rings. The number of nitrogens with one attached hydrogen (secondary N) is 1. The van der Waals surface area contributed by atoms with Crippen molar-refractivity contribution in [1.29, 1.82) is 0 Å². The molecule has 4 nitrogen and oxygen atoms in total. The van der Waals surface area contributed by atoms with Gasteiger partial charge < -0.3 is 15.1 Å². The highest BCUT2D eigenvalue weighted by molar-refractivity contribution is 9.10. The zero-order chi connectivity index (χ0) is 14.7. The molecular weight excluding hydrogens is 318 g/mol. The Morgan fingerprint density at radius 1 is 1.25 bits per heavy atom. The number of amides is 1. The second-order valence-corrected chi connectivity index (χ2v) is 6.33. The number of carbonyl (C=O) groups is 1. The number of hydrogen-bond donors (Lipinski definition) is 1. The first-order chi connectivity index (χ1) is 9.47. The molecule has 0 atom stereocenters. The van der Waals surface area contributed by atoms with E-state index in [-0.39, 0.29) is 5.91 Å². The fourth-order valence-electron chi connectivity index (χ4n) is 2.47. The van der Waals surface area contributed by atoms with Crippen molar-refractivity contribution in [3.05, 3.63) is 27.7 Å². The van der Waals surface area contributed by atoms with Crippen molar-refractivity contribution in [3.8, 4) is 0 Å². The number of rotatable bonds is 3. The van der Waals surface area contributed by atoms with Gasteiger partial charge in [-0.3, -0.25) is 4.79 Å². The first kappa shape index (κ1) is 15.3. The van der Waals surface area contributed by atoms with Crippen LogP contribution >= 0.6 is 15.9 Å². The van der Waals surface area contributed by atoms with Crippen LogP contribution in [-0.4, -0.2) is 55.5 Å². The van der Waals surface area contributed by atoms with Crippen molar-refractivity contribution in [2.75, 3.05) is 45.1 Å². The standard InChI is InChI=1S/C15H22BrN3O/c1-11-8-12(2)15(13(16)9-11)17-10-14(20)19-6-4-18(3)5-7-19/h8-9,17H,4-7,10H2,1-3H3. The summed E-state index contributed by atoms with van der Waals surface area (Å²) in [5.41, 5.74) is 3.38. The average molecular weight is 340 g/mol. The van der Waals surface area contributed by atoms with Gasteiger partial charge in [0.15, 0.2) is 0 Å². The zero-order valence-corrected chi connectivity index (χ0v) is 14.0. The molecule has 2 rings (SSSR count). The Labute approximate surface area is 129 Å². The van der Waals surface area contributed by atoms with Gasteiger partial charge in [0, 0.05) is 30.7 Å². The summed E-state index contributed by atoms with van der Waals surface area (Å²) < 4.78 is 1.01. The number of halogens is 1. The summed E-state index contributed by atoms with van der Waals surface area (Å²) >= 11 is 3.56. The minimum absolute atomic E-state index is 0.171. The molecule has 0 bridgehead atoms. The molecule has 0 aromatic heterocycles. The molecule has 1 saturated heterocycles. The van der Waals surface area contributed by atoms with Gasteiger partial charge in [0.1, 0.15) is 0 Å². The third-order valence-corrected chi connectivity index (χ3v) is 4.33. The second-order valence-electron chi connectivity index (χ2n) is 5.48. The van der Waals surface area contributed by atoms with Gasteiger partial charge in [0.25, 0.3) is 0 Å². The molecule has 0 spiro atoms. The molecule has 1 fully saturated rings. The smallest absolute Gasteiger partial charge is 0.241 e. The van der Waals surface area contributed by atoms with Crippen molar-refractivity contribution in [3.63, 3.8) is 0 Å². The second kappa shape index (κ2) is 6.59. The summed E-state index contributed by atoms with van der Waals surface area (Å²) in [5.74, 6) is 0.171. The molecule has 1 heterocycles. The number of carbonyl (C=O) groups excluding carboxylic acids is 1. The fourth-order valence-corrected chi connectivity index (χ4v) is 3.29. The lowest BCUT2D eigenvalue weighted by Gasteiger charge is -2.32. The average Bonchev–Trinajstić information content (AvgIpc) is 2.38. The third kappa shape index (κ3) is 3.73. The topological polar surface area (TPSA) is 35.6 Å². The van der Waals surface area contributed by atoms with Gasteiger partial charge in [-0.05, 0) is 54.0 Å². The molecule has 5 heteroatoms. The van der Waals surface area contributed by atoms with E-state index >= 15 is 0 Å². The molecule has 1 amide bonds. The quantitative estimate of drug-likeness (QED) is 0.917. The number of nitrogens with zero attached hydrogens (tertiary/aromatic N) is 2. The maximum absolute atomic E-state index is 12.2. The molecule has 0 radical (unpaired) electrons. The molecule has 1 aliphatic rings. The Morgan fingerprint density at radius 3 is 2.50 bits per heavy atom. The van der Waals surface area contributed by atoms with Gasteiger partial charge in [0.05, 0.1) is 12.2 Å². The first-order valence-corrected chi connectivity index (χ1v) is 7.73. The van der Waals surface area contributed by atoms with Crippen LogP contribution in [0.3, 0.4) is 0 Å². The maximum Gasteiger partial charge on any atom is 0.241 e. The Kier molecular flexibility index (Phi) is 5.05. The van der Waals surface area contributed by atoms with Crippen molar-refractivity contribution in [1.82, 2.24) is 9.80 Å². The van der Waals surface area contributed by atoms with E-state index in [0.29, 0.717) is 6.54 Å². The van der Waals surface area contributed by atoms with E-state index in [1.54, 1.807) is 0 Å². The van der Waals surface area contributed by atoms with Crippen molar-refractivity contribution >= 4 is 27.5 Å². The van der Waals surface area contributed by atoms with Crippen LogP contribution in [0.5, 0.6) is 0 Å². The van der Waals surface area contributed by atoms with Gasteiger partial charge in [-0.2, -0.15) is 0 Å². The van der Waals surface area contributed by atoms with Crippen LogP contribution in [0, 0.1) is 13.8 Å². The molecule has 0 saturated carbocycles. The Morgan fingerprint density at radius 2 is 1.90 bits per heavy atom. The van der Waals surface area contributed by atoms with Gasteiger partial charge in [0.2, 0.25) is 5.91 Å². The monoisotopic (exact) mass is 339 g/mol. The lowest BCUT2D eigenvalue weighted by molar-refractivity contribution is -0.130. The summed E-state index contributed by atoms with van der Waals surface area (Å²) in [5, 5.41) is 3.27. The summed E-state index contributed by atoms with van der Waals surface area (Å²) in [7, 11) is 2.09. The lowest BCUT2D eigenvalue weighted by atomic mass is 10.1. The minimum atomic E-state index is 0.171. The van der Waals surface area contributed by atoms with Crippen LogP contribution in [0.2, 0.25) is 0 Å². The fraction of sp³-hybridized carbons (Fsp3) is 0.533. The van der Waals surface area contributed by atoms with Crippen molar-refractivity contribution < 1.29 is 4.79 Å². The molecular formula is C15H22BrN3O. The Balaban J connectivity index is 1.94. The molecule has 110 valence electrons. The van der Waals surface area contributed by atoms with E-state index in [2.05, 4.69) is 59.2 Å². The number of aryl methyl sites for hydroxylation is 2. The number of benzene rings is 1. The molecule has 1 aliphatic heterocycles. The van der Waals surface area contributed by atoms with Crippen molar-refractivity contribution in [2.45, 2.75) is 13.8 Å². The van der Waals surface area contributed by atoms with E-state index < -0.39 is 0 Å². The largest absolute Gasteiger partial charge is 0.375 e. The number of likely N-dealkylation sites (N-methyl/N-ethyl adjacent to an activating group) is 1. The van der Waals surface area contributed by atoms with Crippen LogP contribution in [0.1, 0.15) is 11.1 Å². The summed E-state index contributed by atoms with van der Waals surface area (Å²) in [4.78, 5) is 16.4. The highest BCUT2D eigenvalue weighted by atomic mass is 79.9. The predicted molar refractivity (Wildman–Crippen MR) is 86.2 cm³/mol. The minimum Gasteiger partial charge on any atom is -0.375 e. The zero-order valence-electron chi connectivity index (χ0n) is 12.4. The molecule has 0 unspecified atom stereocenters. The van der Waals surface area contributed by atoms with Gasteiger partial charge >= 0.3 is 0 Å². The van der Waals surface area contributed by atoms with Crippen LogP contribution in [-0.2, 0) is 4.79 Å². The lowest BCUT2D eigenvalue weighted by Crippen LogP contribution is -2.48. The molecule has 1 aromatic carbocycles. The number of anilines is 1. The normalized spacial score (nSPS) is 16.3. The Hall–Kier alpha value is -1.07. The van der Waals surface area contributed by atoms with E-state index in [9.17, 15) is 4.79 Å². The van der Waals surface area contributed by atoms with Gasteiger partial charge in [-0.25, -0.2) is 0 Å². The SMILES string of the molecule is Cc1cc(C)c(NCC(=O)N2CCN(C)CC2)c(Br)c1. The molecule has 1 N–H and O–H groups in total. The first-order valence-electron chi connectivity index (χ1n) is 6.94. The van der Waals surface area contributed by atoms with Crippen LogP contribution in [0.25, 0.3) is 0 Å². The summed E-state index contributed by atoms with van der Waals surface area (Å²) in [6, 6.07) is 4.18. The van der Waals surface area contributed by atoms with E-state index in [1.807, 2.05) is 4.90 Å². The highest BCUT2D eigenvalue weighted by Gasteiger charge is 2.19. The number of hydrogen-bond acceptors (Lipinski definition) is 3. The Bertz CT molecular complexity index is 473. The van der Waals surface area contributed by atoms with Gasteiger partial charge in [-0.15, -0.1) is 0 Å². The van der Waals surface area contributed by atoms with Gasteiger partial charge in [-0.1, -0.05) is 6.07 Å². The van der Waals surface area contributed by atoms with E-state index in [1.165, 1.54) is 5.56 Å². The van der Waals surface area contributed by atoms with Crippen LogP contribution in [0.4, 0.5) is 5.69 Å². The predicted octanol–water partition coefficient (Wildman–Crippen LogP) is 2.25. The number of piperazine rings is 1. The van der Waals surface area contributed by atoms with Crippen molar-refractivity contribution in [2.24, 2.45) is 0 Å². The molecule has 0 aliphatic carbocycles. The van der Waals surface area contributed by atoms with Crippen LogP contribution in [0.15, 0.2) is 16.6 Å². The van der Waals surface area contributed by atoms with E-state index in [4.69, 9.17) is 0 Å². The maximum atomic E-state index is 12.2. The molecule has 20 heavy (non-hydrogen) atoms.